The lowest BCUT2D eigenvalue weighted by Crippen LogP contribution is -2.30. The van der Waals surface area contributed by atoms with Crippen LogP contribution in [0.25, 0.3) is 0 Å². The highest BCUT2D eigenvalue weighted by Gasteiger charge is 2.22. The van der Waals surface area contributed by atoms with E-state index in [1.54, 1.807) is 25.1 Å². The monoisotopic (exact) mass is 244 g/mol. The van der Waals surface area contributed by atoms with Crippen LogP contribution in [-0.4, -0.2) is 10.7 Å². The Morgan fingerprint density at radius 1 is 0.944 bits per heavy atom. The van der Waals surface area contributed by atoms with E-state index >= 15 is 0 Å². The third kappa shape index (κ3) is 3.41. The molecule has 2 aromatic carbocycles. The van der Waals surface area contributed by atoms with Crippen LogP contribution in [0.5, 0.6) is 0 Å². The number of benzene rings is 2. The largest absolute Gasteiger partial charge is 0.389 e. The van der Waals surface area contributed by atoms with Gasteiger partial charge in [-0.15, -0.1) is 0 Å². The summed E-state index contributed by atoms with van der Waals surface area (Å²) in [5.74, 6) is -0.258. The second-order valence-corrected chi connectivity index (χ2v) is 4.93. The third-order valence-electron chi connectivity index (χ3n) is 2.96. The molecule has 0 saturated heterocycles. The van der Waals surface area contributed by atoms with Crippen molar-refractivity contribution >= 4 is 0 Å². The van der Waals surface area contributed by atoms with Crippen LogP contribution in [0.4, 0.5) is 4.39 Å². The van der Waals surface area contributed by atoms with Crippen molar-refractivity contribution in [2.75, 3.05) is 0 Å². The first kappa shape index (κ1) is 12.8. The van der Waals surface area contributed by atoms with E-state index in [1.807, 2.05) is 30.3 Å². The maximum absolute atomic E-state index is 13.5. The molecular formula is C16H17FO. The van der Waals surface area contributed by atoms with Crippen LogP contribution in [0, 0.1) is 5.82 Å². The topological polar surface area (TPSA) is 20.2 Å². The van der Waals surface area contributed by atoms with Crippen LogP contribution < -0.4 is 0 Å². The molecule has 2 heteroatoms. The molecule has 1 nitrogen and oxygen atoms in total. The Labute approximate surface area is 107 Å². The van der Waals surface area contributed by atoms with Gasteiger partial charge in [-0.3, -0.25) is 0 Å². The van der Waals surface area contributed by atoms with E-state index in [9.17, 15) is 9.50 Å². The van der Waals surface area contributed by atoms with Crippen LogP contribution >= 0.6 is 0 Å². The van der Waals surface area contributed by atoms with Crippen LogP contribution in [0.2, 0.25) is 0 Å². The van der Waals surface area contributed by atoms with E-state index in [0.717, 1.165) is 5.56 Å². The van der Waals surface area contributed by atoms with Gasteiger partial charge in [0.2, 0.25) is 0 Å². The minimum atomic E-state index is -0.941. The minimum absolute atomic E-state index is 0.258. The highest BCUT2D eigenvalue weighted by atomic mass is 19.1. The van der Waals surface area contributed by atoms with Crippen molar-refractivity contribution in [1.82, 2.24) is 0 Å². The molecule has 0 aliphatic heterocycles. The standard InChI is InChI=1S/C16H17FO/c1-16(18,11-13-7-3-2-4-8-13)12-14-9-5-6-10-15(14)17/h2-10,18H,11-12H2,1H3. The van der Waals surface area contributed by atoms with E-state index in [4.69, 9.17) is 0 Å². The van der Waals surface area contributed by atoms with Gasteiger partial charge >= 0.3 is 0 Å². The molecule has 94 valence electrons. The molecule has 0 saturated carbocycles. The number of hydrogen-bond acceptors (Lipinski definition) is 1. The van der Waals surface area contributed by atoms with E-state index in [2.05, 4.69) is 0 Å². The molecule has 2 aromatic rings. The Morgan fingerprint density at radius 3 is 2.22 bits per heavy atom. The average molecular weight is 244 g/mol. The van der Waals surface area contributed by atoms with Gasteiger partial charge in [0, 0.05) is 12.8 Å². The zero-order valence-electron chi connectivity index (χ0n) is 10.4. The summed E-state index contributed by atoms with van der Waals surface area (Å²) in [7, 11) is 0. The second-order valence-electron chi connectivity index (χ2n) is 4.93. The Morgan fingerprint density at radius 2 is 1.56 bits per heavy atom. The first-order chi connectivity index (χ1) is 8.57. The summed E-state index contributed by atoms with van der Waals surface area (Å²) in [5, 5.41) is 10.4. The van der Waals surface area contributed by atoms with Crippen molar-refractivity contribution in [2.45, 2.75) is 25.4 Å². The molecule has 2 rings (SSSR count). The van der Waals surface area contributed by atoms with Gasteiger partial charge in [-0.1, -0.05) is 48.5 Å². The fourth-order valence-electron chi connectivity index (χ4n) is 2.15. The Kier molecular flexibility index (Phi) is 3.78. The Balaban J connectivity index is 2.10. The Bertz CT molecular complexity index is 506. The molecule has 0 fully saturated rings. The van der Waals surface area contributed by atoms with Gasteiger partial charge in [0.25, 0.3) is 0 Å². The molecule has 0 radical (unpaired) electrons. The summed E-state index contributed by atoms with van der Waals surface area (Å²) in [6.45, 7) is 1.74. The van der Waals surface area contributed by atoms with Crippen LogP contribution in [0.1, 0.15) is 18.1 Å². The van der Waals surface area contributed by atoms with Gasteiger partial charge < -0.3 is 5.11 Å². The van der Waals surface area contributed by atoms with E-state index < -0.39 is 5.60 Å². The van der Waals surface area contributed by atoms with Crippen molar-refractivity contribution < 1.29 is 9.50 Å². The van der Waals surface area contributed by atoms with Crippen LogP contribution in [0.3, 0.4) is 0 Å². The summed E-state index contributed by atoms with van der Waals surface area (Å²) in [4.78, 5) is 0. The number of halogens is 1. The van der Waals surface area contributed by atoms with E-state index in [0.29, 0.717) is 18.4 Å². The summed E-state index contributed by atoms with van der Waals surface area (Å²) in [6.07, 6.45) is 0.830. The molecule has 1 atom stereocenters. The van der Waals surface area contributed by atoms with Crippen LogP contribution in [-0.2, 0) is 12.8 Å². The SMILES string of the molecule is CC(O)(Cc1ccccc1)Cc1ccccc1F. The molecule has 0 spiro atoms. The predicted molar refractivity (Wildman–Crippen MR) is 70.9 cm³/mol. The second kappa shape index (κ2) is 5.32. The average Bonchev–Trinajstić information content (AvgIpc) is 2.32. The number of rotatable bonds is 4. The summed E-state index contributed by atoms with van der Waals surface area (Å²) in [6, 6.07) is 16.3. The molecule has 0 heterocycles. The molecule has 1 N–H and O–H groups in total. The highest BCUT2D eigenvalue weighted by Crippen LogP contribution is 2.20. The lowest BCUT2D eigenvalue weighted by atomic mass is 9.90. The van der Waals surface area contributed by atoms with Gasteiger partial charge in [0.05, 0.1) is 5.60 Å². The predicted octanol–water partition coefficient (Wildman–Crippen LogP) is 3.36. The molecule has 0 aliphatic carbocycles. The molecular weight excluding hydrogens is 227 g/mol. The van der Waals surface area contributed by atoms with Crippen molar-refractivity contribution in [1.29, 1.82) is 0 Å². The van der Waals surface area contributed by atoms with Gasteiger partial charge in [-0.25, -0.2) is 4.39 Å². The lowest BCUT2D eigenvalue weighted by Gasteiger charge is -2.23. The normalized spacial score (nSPS) is 14.2. The Hall–Kier alpha value is -1.67. The summed E-state index contributed by atoms with van der Waals surface area (Å²) >= 11 is 0. The maximum atomic E-state index is 13.5. The van der Waals surface area contributed by atoms with Gasteiger partial charge in [-0.2, -0.15) is 0 Å². The lowest BCUT2D eigenvalue weighted by molar-refractivity contribution is 0.0599. The van der Waals surface area contributed by atoms with Gasteiger partial charge in [-0.05, 0) is 24.1 Å². The smallest absolute Gasteiger partial charge is 0.126 e. The molecule has 0 aliphatic rings. The van der Waals surface area contributed by atoms with E-state index in [-0.39, 0.29) is 5.82 Å². The van der Waals surface area contributed by atoms with Crippen molar-refractivity contribution in [3.63, 3.8) is 0 Å². The first-order valence-corrected chi connectivity index (χ1v) is 6.06. The highest BCUT2D eigenvalue weighted by molar-refractivity contribution is 5.22. The number of aliphatic hydroxyl groups is 1. The van der Waals surface area contributed by atoms with Crippen molar-refractivity contribution in [3.05, 3.63) is 71.5 Å². The third-order valence-corrected chi connectivity index (χ3v) is 2.96. The fraction of sp³-hybridized carbons (Fsp3) is 0.250. The van der Waals surface area contributed by atoms with Crippen molar-refractivity contribution in [2.24, 2.45) is 0 Å². The van der Waals surface area contributed by atoms with Crippen molar-refractivity contribution in [3.8, 4) is 0 Å². The number of hydrogen-bond donors (Lipinski definition) is 1. The molecule has 0 aromatic heterocycles. The summed E-state index contributed by atoms with van der Waals surface area (Å²) < 4.78 is 13.5. The van der Waals surface area contributed by atoms with Crippen LogP contribution in [0.15, 0.2) is 54.6 Å². The van der Waals surface area contributed by atoms with Gasteiger partial charge in [0.15, 0.2) is 0 Å². The quantitative estimate of drug-likeness (QED) is 0.874. The zero-order chi connectivity index (χ0) is 13.0. The zero-order valence-corrected chi connectivity index (χ0v) is 10.4. The molecule has 0 amide bonds. The molecule has 1 unspecified atom stereocenters. The molecule has 18 heavy (non-hydrogen) atoms. The summed E-state index contributed by atoms with van der Waals surface area (Å²) in [5.41, 5.74) is 0.668. The molecule has 0 bridgehead atoms. The fourth-order valence-corrected chi connectivity index (χ4v) is 2.15. The first-order valence-electron chi connectivity index (χ1n) is 6.06. The maximum Gasteiger partial charge on any atom is 0.126 e. The van der Waals surface area contributed by atoms with E-state index in [1.165, 1.54) is 6.07 Å². The minimum Gasteiger partial charge on any atom is -0.389 e. The van der Waals surface area contributed by atoms with Gasteiger partial charge in [0.1, 0.15) is 5.82 Å².